The van der Waals surface area contributed by atoms with Crippen LogP contribution in [0.25, 0.3) is 0 Å². The molecule has 1 heterocycles. The van der Waals surface area contributed by atoms with Gasteiger partial charge in [0.25, 0.3) is 0 Å². The zero-order valence-corrected chi connectivity index (χ0v) is 7.00. The van der Waals surface area contributed by atoms with Crippen LogP contribution in [0.2, 0.25) is 0 Å². The van der Waals surface area contributed by atoms with Crippen molar-refractivity contribution in [2.45, 2.75) is 6.42 Å². The van der Waals surface area contributed by atoms with Gasteiger partial charge in [-0.2, -0.15) is 0 Å². The van der Waals surface area contributed by atoms with Crippen molar-refractivity contribution in [2.24, 2.45) is 5.73 Å². The highest BCUT2D eigenvalue weighted by Crippen LogP contribution is 2.01. The minimum Gasteiger partial charge on any atom is -0.330 e. The molecule has 1 aromatic rings. The summed E-state index contributed by atoms with van der Waals surface area (Å²) < 4.78 is 0.619. The van der Waals surface area contributed by atoms with Gasteiger partial charge in [-0.15, -0.1) is 0 Å². The summed E-state index contributed by atoms with van der Waals surface area (Å²) in [6.45, 7) is 0.644. The van der Waals surface area contributed by atoms with Crippen LogP contribution in [0.3, 0.4) is 0 Å². The van der Waals surface area contributed by atoms with E-state index in [-0.39, 0.29) is 0 Å². The van der Waals surface area contributed by atoms with Gasteiger partial charge in [0.2, 0.25) is 0 Å². The molecule has 0 aromatic carbocycles. The molecule has 0 atom stereocenters. The van der Waals surface area contributed by atoms with E-state index in [9.17, 15) is 0 Å². The summed E-state index contributed by atoms with van der Waals surface area (Å²) in [5.41, 5.74) is 6.41. The third-order valence-corrected chi connectivity index (χ3v) is 1.52. The summed E-state index contributed by atoms with van der Waals surface area (Å²) in [5.74, 6) is 0. The van der Waals surface area contributed by atoms with E-state index in [4.69, 9.17) is 5.73 Å². The molecule has 0 bridgehead atoms. The molecule has 10 heavy (non-hydrogen) atoms. The first-order valence-corrected chi connectivity index (χ1v) is 3.78. The molecule has 1 rings (SSSR count). The number of nitrogens with two attached hydrogens (primary N) is 1. The van der Waals surface area contributed by atoms with Crippen LogP contribution in [0.15, 0.2) is 17.1 Å². The number of nitrogens with zero attached hydrogens (tertiary/aromatic N) is 2. The molecule has 0 radical (unpaired) electrons. The van der Waals surface area contributed by atoms with E-state index in [1.54, 1.807) is 12.4 Å². The van der Waals surface area contributed by atoms with Gasteiger partial charge in [0, 0.05) is 12.4 Å². The van der Waals surface area contributed by atoms with Crippen molar-refractivity contribution in [3.8, 4) is 0 Å². The minimum atomic E-state index is 0.619. The molecule has 4 heteroatoms. The summed E-state index contributed by atoms with van der Waals surface area (Å²) in [4.78, 5) is 7.90. The molecule has 1 aromatic heterocycles. The average Bonchev–Trinajstić information content (AvgIpc) is 1.95. The van der Waals surface area contributed by atoms with Crippen LogP contribution < -0.4 is 5.73 Å². The maximum Gasteiger partial charge on any atom is 0.196 e. The van der Waals surface area contributed by atoms with Crippen molar-refractivity contribution >= 4 is 15.9 Å². The zero-order chi connectivity index (χ0) is 7.40. The van der Waals surface area contributed by atoms with Crippen molar-refractivity contribution in [2.75, 3.05) is 6.54 Å². The van der Waals surface area contributed by atoms with E-state index in [1.807, 2.05) is 0 Å². The lowest BCUT2D eigenvalue weighted by Gasteiger charge is -1.94. The second kappa shape index (κ2) is 3.63. The molecular formula is C6H8BrN3. The van der Waals surface area contributed by atoms with E-state index in [1.165, 1.54) is 0 Å². The highest BCUT2D eigenvalue weighted by molar-refractivity contribution is 9.10. The second-order valence-electron chi connectivity index (χ2n) is 1.90. The molecule has 0 aliphatic carbocycles. The Bertz CT molecular complexity index is 197. The number of rotatable bonds is 2. The van der Waals surface area contributed by atoms with Crippen LogP contribution in [0.5, 0.6) is 0 Å². The standard InChI is InChI=1S/C6H8BrN3/c7-6-9-3-5(1-2-8)4-10-6/h3-4H,1-2,8H2. The maximum atomic E-state index is 5.33. The molecule has 0 aliphatic heterocycles. The van der Waals surface area contributed by atoms with Crippen molar-refractivity contribution in [3.05, 3.63) is 22.7 Å². The van der Waals surface area contributed by atoms with Crippen molar-refractivity contribution in [3.63, 3.8) is 0 Å². The minimum absolute atomic E-state index is 0.619. The lowest BCUT2D eigenvalue weighted by atomic mass is 10.2. The van der Waals surface area contributed by atoms with Crippen LogP contribution in [-0.4, -0.2) is 16.5 Å². The molecule has 0 aliphatic rings. The first-order chi connectivity index (χ1) is 4.83. The Labute approximate surface area is 67.8 Å². The van der Waals surface area contributed by atoms with E-state index in [0.717, 1.165) is 12.0 Å². The quantitative estimate of drug-likeness (QED) is 0.719. The van der Waals surface area contributed by atoms with Crippen molar-refractivity contribution < 1.29 is 0 Å². The molecule has 0 saturated heterocycles. The monoisotopic (exact) mass is 201 g/mol. The fourth-order valence-electron chi connectivity index (χ4n) is 0.635. The first kappa shape index (κ1) is 7.63. The summed E-state index contributed by atoms with van der Waals surface area (Å²) in [6, 6.07) is 0. The van der Waals surface area contributed by atoms with E-state index >= 15 is 0 Å². The normalized spacial score (nSPS) is 9.80. The number of aromatic nitrogens is 2. The van der Waals surface area contributed by atoms with Crippen molar-refractivity contribution in [1.82, 2.24) is 9.97 Å². The molecule has 54 valence electrons. The SMILES string of the molecule is NCCc1cnc(Br)nc1. The van der Waals surface area contributed by atoms with Gasteiger partial charge in [-0.3, -0.25) is 0 Å². The topological polar surface area (TPSA) is 51.8 Å². The third kappa shape index (κ3) is 2.04. The number of hydrogen-bond donors (Lipinski definition) is 1. The van der Waals surface area contributed by atoms with Crippen molar-refractivity contribution in [1.29, 1.82) is 0 Å². The van der Waals surface area contributed by atoms with Gasteiger partial charge < -0.3 is 5.73 Å². The molecule has 0 fully saturated rings. The Hall–Kier alpha value is -0.480. The van der Waals surface area contributed by atoms with Gasteiger partial charge in [0.15, 0.2) is 4.73 Å². The van der Waals surface area contributed by atoms with Crippen LogP contribution in [-0.2, 0) is 6.42 Å². The molecule has 3 nitrogen and oxygen atoms in total. The maximum absolute atomic E-state index is 5.33. The van der Waals surface area contributed by atoms with Crippen LogP contribution in [0.1, 0.15) is 5.56 Å². The molecule has 0 spiro atoms. The van der Waals surface area contributed by atoms with Crippen LogP contribution in [0, 0.1) is 0 Å². The Kier molecular flexibility index (Phi) is 2.77. The molecule has 2 N–H and O–H groups in total. The number of hydrogen-bond acceptors (Lipinski definition) is 3. The lowest BCUT2D eigenvalue weighted by molar-refractivity contribution is 0.933. The Morgan fingerprint density at radius 3 is 2.50 bits per heavy atom. The van der Waals surface area contributed by atoms with Gasteiger partial charge in [-0.1, -0.05) is 0 Å². The first-order valence-electron chi connectivity index (χ1n) is 2.99. The molecule has 0 saturated carbocycles. The molecule has 0 unspecified atom stereocenters. The van der Waals surface area contributed by atoms with E-state index in [0.29, 0.717) is 11.3 Å². The molecule has 0 amide bonds. The Morgan fingerprint density at radius 2 is 2.00 bits per heavy atom. The fourth-order valence-corrected chi connectivity index (χ4v) is 0.840. The highest BCUT2D eigenvalue weighted by atomic mass is 79.9. The lowest BCUT2D eigenvalue weighted by Crippen LogP contribution is -2.03. The van der Waals surface area contributed by atoms with Crippen LogP contribution in [0.4, 0.5) is 0 Å². The summed E-state index contributed by atoms with van der Waals surface area (Å²) in [7, 11) is 0. The fraction of sp³-hybridized carbons (Fsp3) is 0.333. The van der Waals surface area contributed by atoms with E-state index < -0.39 is 0 Å². The van der Waals surface area contributed by atoms with Crippen LogP contribution >= 0.6 is 15.9 Å². The predicted octanol–water partition coefficient (Wildman–Crippen LogP) is 0.740. The Morgan fingerprint density at radius 1 is 1.40 bits per heavy atom. The van der Waals surface area contributed by atoms with Gasteiger partial charge in [-0.25, -0.2) is 9.97 Å². The van der Waals surface area contributed by atoms with Gasteiger partial charge in [-0.05, 0) is 34.5 Å². The third-order valence-electron chi connectivity index (χ3n) is 1.11. The largest absolute Gasteiger partial charge is 0.330 e. The Balaban J connectivity index is 2.69. The zero-order valence-electron chi connectivity index (χ0n) is 5.42. The predicted molar refractivity (Wildman–Crippen MR) is 42.5 cm³/mol. The van der Waals surface area contributed by atoms with Gasteiger partial charge in [0.1, 0.15) is 0 Å². The summed E-state index contributed by atoms with van der Waals surface area (Å²) >= 11 is 3.14. The summed E-state index contributed by atoms with van der Waals surface area (Å²) in [6.07, 6.45) is 4.38. The summed E-state index contributed by atoms with van der Waals surface area (Å²) in [5, 5.41) is 0. The average molecular weight is 202 g/mol. The molecular weight excluding hydrogens is 194 g/mol. The second-order valence-corrected chi connectivity index (χ2v) is 2.61. The number of halogens is 1. The highest BCUT2D eigenvalue weighted by Gasteiger charge is 1.91. The van der Waals surface area contributed by atoms with Gasteiger partial charge >= 0.3 is 0 Å². The smallest absolute Gasteiger partial charge is 0.196 e. The van der Waals surface area contributed by atoms with Gasteiger partial charge in [0.05, 0.1) is 0 Å². The van der Waals surface area contributed by atoms with E-state index in [2.05, 4.69) is 25.9 Å².